The van der Waals surface area contributed by atoms with E-state index in [1.165, 1.54) is 75.3 Å². The fourth-order valence-corrected chi connectivity index (χ4v) is 8.38. The van der Waals surface area contributed by atoms with Crippen LogP contribution >= 0.6 is 0 Å². The molecule has 2 aliphatic heterocycles. The number of carboxylic acid groups (broad SMARTS) is 1. The van der Waals surface area contributed by atoms with Gasteiger partial charge in [0.15, 0.2) is 23.0 Å². The number of aromatic nitrogens is 2. The maximum Gasteiger partial charge on any atom is 0.534 e. The number of benzene rings is 4. The van der Waals surface area contributed by atoms with Crippen molar-refractivity contribution in [1.29, 1.82) is 10.5 Å². The number of carboxylic acids is 1. The molecule has 78 heavy (non-hydrogen) atoms. The van der Waals surface area contributed by atoms with Crippen LogP contribution in [0.15, 0.2) is 132 Å². The van der Waals surface area contributed by atoms with Crippen molar-refractivity contribution in [2.75, 3.05) is 14.1 Å². The summed E-state index contributed by atoms with van der Waals surface area (Å²) in [4.78, 5) is 54.4. The van der Waals surface area contributed by atoms with Crippen LogP contribution in [0.25, 0.3) is 22.3 Å². The number of guanidine groups is 2. The van der Waals surface area contributed by atoms with E-state index in [1.54, 1.807) is 0 Å². The third kappa shape index (κ3) is 11.3. The van der Waals surface area contributed by atoms with Crippen LogP contribution in [-0.4, -0.2) is 96.5 Å². The first kappa shape index (κ1) is 57.7. The zero-order valence-corrected chi connectivity index (χ0v) is 41.4. The first-order chi connectivity index (χ1) is 36.3. The number of hydrogen-bond donors (Lipinski definition) is 3. The molecule has 5 N–H and O–H groups in total. The Labute approximate surface area is 436 Å². The second-order valence-electron chi connectivity index (χ2n) is 16.2. The Morgan fingerprint density at radius 1 is 0.590 bits per heavy atom. The molecule has 0 saturated carbocycles. The molecule has 2 atom stereocenters. The number of amides is 2. The lowest BCUT2D eigenvalue weighted by molar-refractivity contribution is -0.134. The minimum Gasteiger partial charge on any atom is -0.481 e. The summed E-state index contributed by atoms with van der Waals surface area (Å²) < 4.78 is 159. The van der Waals surface area contributed by atoms with E-state index in [0.29, 0.717) is 0 Å². The number of nitrogens with two attached hydrogens (primary N) is 2. The Morgan fingerprint density at radius 2 is 0.897 bits per heavy atom. The second kappa shape index (κ2) is 21.6. The Hall–Kier alpha value is -9.55. The molecule has 404 valence electrons. The van der Waals surface area contributed by atoms with Crippen molar-refractivity contribution < 1.29 is 79.8 Å². The van der Waals surface area contributed by atoms with E-state index >= 15 is 0 Å². The van der Waals surface area contributed by atoms with Gasteiger partial charge in [-0.05, 0) is 82.9 Å². The average Bonchev–Trinajstić information content (AvgIpc) is 3.96. The molecule has 0 radical (unpaired) electrons. The van der Waals surface area contributed by atoms with Crippen molar-refractivity contribution in [2.45, 2.75) is 29.0 Å². The Balaban J connectivity index is 0.000000236. The van der Waals surface area contributed by atoms with E-state index in [-0.39, 0.29) is 67.6 Å². The molecular weight excluding hydrogens is 1090 g/mol. The van der Waals surface area contributed by atoms with Crippen LogP contribution in [0.4, 0.5) is 35.1 Å². The van der Waals surface area contributed by atoms with Gasteiger partial charge in [-0.15, -0.1) is 0 Å². The standard InChI is InChI=1S/2C23H15F4N5O4S.C2H4O2/c2*1-32-20(33)22(31-21(32)29,15-2-5-17(6-3-15)36-37(34,35)23(25,26)27)16-4-7-19(24)18(9-16)14-8-13(10-28)11-30-12-14;1-2(3)4/h2*2-9,11-12H,1H3,(H2,29,31);1H3,(H,3,4). The molecule has 4 aromatic carbocycles. The maximum atomic E-state index is 14.8. The molecule has 4 heterocycles. The van der Waals surface area contributed by atoms with Gasteiger partial charge in [-0.1, -0.05) is 36.4 Å². The molecule has 0 aliphatic carbocycles. The highest BCUT2D eigenvalue weighted by atomic mass is 32.2. The average molecular weight is 1130 g/mol. The number of carbonyl (C=O) groups is 3. The first-order valence-electron chi connectivity index (χ1n) is 21.3. The highest BCUT2D eigenvalue weighted by molar-refractivity contribution is 7.88. The van der Waals surface area contributed by atoms with Gasteiger partial charge in [0.2, 0.25) is 0 Å². The van der Waals surface area contributed by atoms with E-state index in [1.807, 2.05) is 12.1 Å². The van der Waals surface area contributed by atoms with Crippen molar-refractivity contribution in [3.05, 3.63) is 167 Å². The summed E-state index contributed by atoms with van der Waals surface area (Å²) in [5.74, 6) is -5.24. The summed E-state index contributed by atoms with van der Waals surface area (Å²) in [5.41, 5.74) is -1.99. The van der Waals surface area contributed by atoms with Gasteiger partial charge >= 0.3 is 31.3 Å². The lowest BCUT2D eigenvalue weighted by Crippen LogP contribution is -2.41. The maximum absolute atomic E-state index is 14.8. The molecule has 0 fully saturated rings. The number of nitriles is 2. The van der Waals surface area contributed by atoms with Crippen LogP contribution in [0.1, 0.15) is 40.3 Å². The number of carbonyl (C=O) groups excluding carboxylic acids is 2. The van der Waals surface area contributed by atoms with E-state index < -0.39 is 83.2 Å². The van der Waals surface area contributed by atoms with Gasteiger partial charge < -0.3 is 24.9 Å². The van der Waals surface area contributed by atoms with Crippen molar-refractivity contribution >= 4 is 49.9 Å². The lowest BCUT2D eigenvalue weighted by Gasteiger charge is -2.27. The minimum atomic E-state index is -5.92. The number of aliphatic imine (C=N–C) groups is 2. The molecule has 0 bridgehead atoms. The SMILES string of the molecule is CC(=O)O.CN1C(=O)C(c2ccc(OS(=O)(=O)C(F)(F)F)cc2)(c2ccc(F)c(-c3cncc(C#N)c3)c2)N=C1N.CN1C(=O)C(c2ccc(OS(=O)(=O)C(F)(F)F)cc2)(c2ccc(F)c(-c3cncc(C#N)c3)c2)N=C1N. The normalized spacial score (nSPS) is 17.3. The summed E-state index contributed by atoms with van der Waals surface area (Å²) in [6.45, 7) is 1.08. The summed E-state index contributed by atoms with van der Waals surface area (Å²) in [6, 6.07) is 22.2. The highest BCUT2D eigenvalue weighted by Crippen LogP contribution is 2.44. The molecular formula is C48H34F8N10O10S2. The summed E-state index contributed by atoms with van der Waals surface area (Å²) in [7, 11) is -9.14. The summed E-state index contributed by atoms with van der Waals surface area (Å²) in [5, 5.41) is 25.7. The molecule has 2 aliphatic rings. The van der Waals surface area contributed by atoms with Gasteiger partial charge in [-0.25, -0.2) is 18.8 Å². The van der Waals surface area contributed by atoms with Crippen LogP contribution in [0.5, 0.6) is 11.5 Å². The highest BCUT2D eigenvalue weighted by Gasteiger charge is 2.53. The molecule has 20 nitrogen and oxygen atoms in total. The molecule has 2 unspecified atom stereocenters. The molecule has 30 heteroatoms. The van der Waals surface area contributed by atoms with E-state index in [9.17, 15) is 61.5 Å². The van der Waals surface area contributed by atoms with Crippen LogP contribution in [0.3, 0.4) is 0 Å². The second-order valence-corrected chi connectivity index (χ2v) is 19.2. The van der Waals surface area contributed by atoms with Crippen molar-refractivity contribution in [3.8, 4) is 45.9 Å². The molecule has 8 rings (SSSR count). The third-order valence-electron chi connectivity index (χ3n) is 11.1. The molecule has 6 aromatic rings. The minimum absolute atomic E-state index is 0.00572. The fraction of sp³-hybridized carbons (Fsp3) is 0.146. The number of halogens is 8. The molecule has 0 spiro atoms. The van der Waals surface area contributed by atoms with E-state index in [4.69, 9.17) is 31.9 Å². The monoisotopic (exact) mass is 1130 g/mol. The predicted molar refractivity (Wildman–Crippen MR) is 256 cm³/mol. The van der Waals surface area contributed by atoms with Gasteiger partial charge in [0, 0.05) is 68.1 Å². The Kier molecular flexibility index (Phi) is 16.0. The van der Waals surface area contributed by atoms with Crippen molar-refractivity contribution in [1.82, 2.24) is 19.8 Å². The van der Waals surface area contributed by atoms with Crippen LogP contribution in [0.2, 0.25) is 0 Å². The van der Waals surface area contributed by atoms with Crippen LogP contribution in [0, 0.1) is 34.3 Å². The Morgan fingerprint density at radius 3 is 1.17 bits per heavy atom. The van der Waals surface area contributed by atoms with Crippen molar-refractivity contribution in [2.24, 2.45) is 21.5 Å². The van der Waals surface area contributed by atoms with Gasteiger partial charge in [0.05, 0.1) is 11.1 Å². The largest absolute Gasteiger partial charge is 0.534 e. The lowest BCUT2D eigenvalue weighted by atomic mass is 9.81. The zero-order chi connectivity index (χ0) is 57.9. The number of nitrogens with zero attached hydrogens (tertiary/aromatic N) is 8. The van der Waals surface area contributed by atoms with Gasteiger partial charge in [0.25, 0.3) is 17.8 Å². The van der Waals surface area contributed by atoms with E-state index in [2.05, 4.69) is 28.3 Å². The van der Waals surface area contributed by atoms with Crippen molar-refractivity contribution in [3.63, 3.8) is 0 Å². The van der Waals surface area contributed by atoms with E-state index in [0.717, 1.165) is 77.4 Å². The van der Waals surface area contributed by atoms with Gasteiger partial charge in [0.1, 0.15) is 35.3 Å². The zero-order valence-electron chi connectivity index (χ0n) is 39.7. The fourth-order valence-electron chi connectivity index (χ4n) is 7.46. The van der Waals surface area contributed by atoms with Gasteiger partial charge in [-0.3, -0.25) is 34.2 Å². The quantitative estimate of drug-likeness (QED) is 0.0789. The number of likely N-dealkylation sites (N-methyl/N-ethyl adjacent to an activating group) is 2. The van der Waals surface area contributed by atoms with Crippen LogP contribution < -0.4 is 19.8 Å². The number of alkyl halides is 6. The number of pyridine rings is 2. The first-order valence-corrected chi connectivity index (χ1v) is 24.1. The predicted octanol–water partition coefficient (Wildman–Crippen LogP) is 6.13. The van der Waals surface area contributed by atoms with Crippen LogP contribution in [-0.2, 0) is 45.7 Å². The smallest absolute Gasteiger partial charge is 0.481 e. The molecule has 2 amide bonds. The third-order valence-corrected chi connectivity index (χ3v) is 13.1. The molecule has 2 aromatic heterocycles. The molecule has 0 saturated heterocycles. The van der Waals surface area contributed by atoms with Gasteiger partial charge in [-0.2, -0.15) is 53.7 Å². The summed E-state index contributed by atoms with van der Waals surface area (Å²) in [6.07, 6.45) is 5.22. The Bertz CT molecular complexity index is 3520. The number of rotatable bonds is 10. The number of hydrogen-bond acceptors (Lipinski definition) is 17. The number of aliphatic carboxylic acids is 1. The summed E-state index contributed by atoms with van der Waals surface area (Å²) >= 11 is 0. The topological polar surface area (TPSA) is 315 Å².